The van der Waals surface area contributed by atoms with Crippen LogP contribution in [-0.2, 0) is 0 Å². The van der Waals surface area contributed by atoms with E-state index in [4.69, 9.17) is 0 Å². The van der Waals surface area contributed by atoms with Crippen LogP contribution in [0.3, 0.4) is 0 Å². The summed E-state index contributed by atoms with van der Waals surface area (Å²) in [7, 11) is 8.43. The van der Waals surface area contributed by atoms with E-state index < -0.39 is 0 Å². The highest BCUT2D eigenvalue weighted by molar-refractivity contribution is 4.70. The normalized spacial score (nSPS) is 16.6. The van der Waals surface area contributed by atoms with E-state index in [9.17, 15) is 0 Å². The van der Waals surface area contributed by atoms with Gasteiger partial charge in [-0.25, -0.2) is 0 Å². The average Bonchev–Trinajstić information content (AvgIpc) is 2.02. The first kappa shape index (κ1) is 12.9. The predicted molar refractivity (Wildman–Crippen MR) is 59.2 cm³/mol. The van der Waals surface area contributed by atoms with Crippen molar-refractivity contribution in [2.45, 2.75) is 25.9 Å². The molecule has 0 aromatic heterocycles. The van der Waals surface area contributed by atoms with Gasteiger partial charge in [-0.05, 0) is 42.0 Å². The number of likely N-dealkylation sites (N-methyl/N-ethyl adjacent to an activating group) is 3. The van der Waals surface area contributed by atoms with Gasteiger partial charge in [-0.3, -0.25) is 0 Å². The monoisotopic (exact) mass is 187 g/mol. The van der Waals surface area contributed by atoms with E-state index in [1.807, 2.05) is 7.05 Å². The molecule has 1 N–H and O–H groups in total. The second-order valence-electron chi connectivity index (χ2n) is 4.24. The first-order chi connectivity index (χ1) is 5.97. The molecule has 0 saturated carbocycles. The SMILES string of the molecule is CNC(C)CN(C)C(C)CN(C)C. The predicted octanol–water partition coefficient (Wildman–Crippen LogP) is 0.476. The van der Waals surface area contributed by atoms with Gasteiger partial charge >= 0.3 is 0 Å². The Morgan fingerprint density at radius 1 is 1.08 bits per heavy atom. The largest absolute Gasteiger partial charge is 0.316 e. The van der Waals surface area contributed by atoms with Gasteiger partial charge in [0, 0.05) is 25.2 Å². The number of rotatable bonds is 6. The molecule has 0 saturated heterocycles. The van der Waals surface area contributed by atoms with Crippen molar-refractivity contribution in [1.29, 1.82) is 0 Å². The smallest absolute Gasteiger partial charge is 0.0192 e. The lowest BCUT2D eigenvalue weighted by atomic mass is 10.2. The summed E-state index contributed by atoms with van der Waals surface area (Å²) < 4.78 is 0. The maximum absolute atomic E-state index is 3.25. The lowest BCUT2D eigenvalue weighted by Gasteiger charge is -2.29. The summed E-state index contributed by atoms with van der Waals surface area (Å²) in [5.41, 5.74) is 0. The first-order valence-corrected chi connectivity index (χ1v) is 4.99. The first-order valence-electron chi connectivity index (χ1n) is 4.99. The van der Waals surface area contributed by atoms with Gasteiger partial charge in [0.1, 0.15) is 0 Å². The zero-order chi connectivity index (χ0) is 10.4. The molecule has 2 unspecified atom stereocenters. The van der Waals surface area contributed by atoms with Crippen LogP contribution in [0.1, 0.15) is 13.8 Å². The Bertz CT molecular complexity index is 125. The van der Waals surface area contributed by atoms with E-state index in [0.29, 0.717) is 12.1 Å². The summed E-state index contributed by atoms with van der Waals surface area (Å²) in [6.07, 6.45) is 0. The van der Waals surface area contributed by atoms with Crippen LogP contribution < -0.4 is 5.32 Å². The quantitative estimate of drug-likeness (QED) is 0.652. The minimum Gasteiger partial charge on any atom is -0.316 e. The zero-order valence-corrected chi connectivity index (χ0v) is 9.96. The summed E-state index contributed by atoms with van der Waals surface area (Å²) in [5.74, 6) is 0. The molecule has 0 rings (SSSR count). The van der Waals surface area contributed by atoms with Crippen molar-refractivity contribution in [2.75, 3.05) is 41.3 Å². The summed E-state index contributed by atoms with van der Waals surface area (Å²) >= 11 is 0. The van der Waals surface area contributed by atoms with Gasteiger partial charge in [0.2, 0.25) is 0 Å². The fraction of sp³-hybridized carbons (Fsp3) is 1.00. The van der Waals surface area contributed by atoms with Gasteiger partial charge < -0.3 is 15.1 Å². The molecular formula is C10H25N3. The van der Waals surface area contributed by atoms with E-state index in [0.717, 1.165) is 13.1 Å². The Morgan fingerprint density at radius 3 is 2.00 bits per heavy atom. The van der Waals surface area contributed by atoms with Gasteiger partial charge in [-0.15, -0.1) is 0 Å². The molecule has 0 heterocycles. The Hall–Kier alpha value is -0.120. The van der Waals surface area contributed by atoms with E-state index in [2.05, 4.69) is 50.1 Å². The molecule has 0 aliphatic carbocycles. The van der Waals surface area contributed by atoms with Crippen molar-refractivity contribution in [3.8, 4) is 0 Å². The van der Waals surface area contributed by atoms with Gasteiger partial charge in [0.15, 0.2) is 0 Å². The summed E-state index contributed by atoms with van der Waals surface area (Å²) in [6.45, 7) is 6.69. The van der Waals surface area contributed by atoms with Crippen LogP contribution in [-0.4, -0.2) is 63.2 Å². The molecule has 0 radical (unpaired) electrons. The Morgan fingerprint density at radius 2 is 1.62 bits per heavy atom. The Kier molecular flexibility index (Phi) is 6.29. The Labute approximate surface area is 83.1 Å². The van der Waals surface area contributed by atoms with Gasteiger partial charge in [0.25, 0.3) is 0 Å². The zero-order valence-electron chi connectivity index (χ0n) is 9.96. The molecule has 2 atom stereocenters. The van der Waals surface area contributed by atoms with Crippen LogP contribution in [0, 0.1) is 0 Å². The molecule has 0 bridgehead atoms. The van der Waals surface area contributed by atoms with Crippen LogP contribution in [0.2, 0.25) is 0 Å². The van der Waals surface area contributed by atoms with Crippen molar-refractivity contribution < 1.29 is 0 Å². The average molecular weight is 187 g/mol. The molecule has 0 amide bonds. The number of nitrogens with zero attached hydrogens (tertiary/aromatic N) is 2. The summed E-state index contributed by atoms with van der Waals surface area (Å²) in [5, 5.41) is 3.25. The van der Waals surface area contributed by atoms with Crippen molar-refractivity contribution >= 4 is 0 Å². The van der Waals surface area contributed by atoms with Crippen LogP contribution in [0.25, 0.3) is 0 Å². The van der Waals surface area contributed by atoms with Crippen LogP contribution in [0.4, 0.5) is 0 Å². The summed E-state index contributed by atoms with van der Waals surface area (Å²) in [4.78, 5) is 4.62. The van der Waals surface area contributed by atoms with Gasteiger partial charge in [-0.2, -0.15) is 0 Å². The van der Waals surface area contributed by atoms with Crippen LogP contribution in [0.15, 0.2) is 0 Å². The van der Waals surface area contributed by atoms with E-state index in [1.165, 1.54) is 0 Å². The number of hydrogen-bond acceptors (Lipinski definition) is 3. The highest BCUT2D eigenvalue weighted by Crippen LogP contribution is 1.98. The van der Waals surface area contributed by atoms with Crippen molar-refractivity contribution in [2.24, 2.45) is 0 Å². The third-order valence-electron chi connectivity index (χ3n) is 2.44. The van der Waals surface area contributed by atoms with Crippen molar-refractivity contribution in [3.63, 3.8) is 0 Å². The van der Waals surface area contributed by atoms with Crippen molar-refractivity contribution in [3.05, 3.63) is 0 Å². The lowest BCUT2D eigenvalue weighted by Crippen LogP contribution is -2.43. The minimum absolute atomic E-state index is 0.564. The molecule has 0 fully saturated rings. The van der Waals surface area contributed by atoms with E-state index >= 15 is 0 Å². The fourth-order valence-corrected chi connectivity index (χ4v) is 1.37. The minimum atomic E-state index is 0.564. The molecule has 0 aliphatic heterocycles. The van der Waals surface area contributed by atoms with Gasteiger partial charge in [0.05, 0.1) is 0 Å². The standard InChI is InChI=1S/C10H25N3/c1-9(11-3)7-13(6)10(2)8-12(4)5/h9-11H,7-8H2,1-6H3. The van der Waals surface area contributed by atoms with Gasteiger partial charge in [-0.1, -0.05) is 0 Å². The van der Waals surface area contributed by atoms with E-state index in [1.54, 1.807) is 0 Å². The number of nitrogens with one attached hydrogen (secondary N) is 1. The van der Waals surface area contributed by atoms with E-state index in [-0.39, 0.29) is 0 Å². The molecule has 13 heavy (non-hydrogen) atoms. The molecule has 3 heteroatoms. The number of hydrogen-bond donors (Lipinski definition) is 1. The molecular weight excluding hydrogens is 162 g/mol. The molecule has 80 valence electrons. The lowest BCUT2D eigenvalue weighted by molar-refractivity contribution is 0.196. The molecule has 0 aliphatic rings. The molecule has 0 aromatic rings. The third-order valence-corrected chi connectivity index (χ3v) is 2.44. The van der Waals surface area contributed by atoms with Crippen LogP contribution in [0.5, 0.6) is 0 Å². The topological polar surface area (TPSA) is 18.5 Å². The molecule has 3 nitrogen and oxygen atoms in total. The Balaban J connectivity index is 3.74. The molecule has 0 spiro atoms. The van der Waals surface area contributed by atoms with Crippen LogP contribution >= 0.6 is 0 Å². The second-order valence-corrected chi connectivity index (χ2v) is 4.24. The fourth-order valence-electron chi connectivity index (χ4n) is 1.37. The highest BCUT2D eigenvalue weighted by Gasteiger charge is 2.11. The van der Waals surface area contributed by atoms with Crippen molar-refractivity contribution in [1.82, 2.24) is 15.1 Å². The molecule has 0 aromatic carbocycles. The maximum Gasteiger partial charge on any atom is 0.0192 e. The third kappa shape index (κ3) is 6.02. The maximum atomic E-state index is 3.25. The summed E-state index contributed by atoms with van der Waals surface area (Å²) in [6, 6.07) is 1.18. The second kappa shape index (κ2) is 6.35. The highest BCUT2D eigenvalue weighted by atomic mass is 15.2.